The zero-order valence-corrected chi connectivity index (χ0v) is 7.67. The van der Waals surface area contributed by atoms with E-state index in [-0.39, 0.29) is 0 Å². The second-order valence-electron chi connectivity index (χ2n) is 4.17. The summed E-state index contributed by atoms with van der Waals surface area (Å²) in [6, 6.07) is 8.57. The van der Waals surface area contributed by atoms with E-state index >= 15 is 0 Å². The van der Waals surface area contributed by atoms with Gasteiger partial charge in [-0.25, -0.2) is 0 Å². The van der Waals surface area contributed by atoms with Crippen molar-refractivity contribution in [2.75, 3.05) is 0 Å². The first-order valence-corrected chi connectivity index (χ1v) is 4.46. The molecule has 0 aromatic heterocycles. The molecular weight excluding hydrogens is 144 g/mol. The lowest BCUT2D eigenvalue weighted by Crippen LogP contribution is -2.31. The molecule has 0 bridgehead atoms. The van der Waals surface area contributed by atoms with Gasteiger partial charge in [0.25, 0.3) is 0 Å². The summed E-state index contributed by atoms with van der Waals surface area (Å²) in [5.74, 6) is 0. The average Bonchev–Trinajstić information content (AvgIpc) is 2.02. The Balaban J connectivity index is 2.72. The van der Waals surface area contributed by atoms with Crippen molar-refractivity contribution in [2.24, 2.45) is 5.41 Å². The molecule has 1 aromatic carbocycles. The summed E-state index contributed by atoms with van der Waals surface area (Å²) in [6.45, 7) is 4.55. The lowest BCUT2D eigenvalue weighted by Gasteiger charge is -2.20. The molecule has 0 radical (unpaired) electrons. The van der Waals surface area contributed by atoms with Crippen LogP contribution in [0.25, 0.3) is 12.2 Å². The molecule has 0 atom stereocenters. The van der Waals surface area contributed by atoms with Gasteiger partial charge in [0.2, 0.25) is 0 Å². The van der Waals surface area contributed by atoms with E-state index in [4.69, 9.17) is 0 Å². The molecule has 62 valence electrons. The standard InChI is InChI=1S/C12H14/c1-12(2)8-7-10-5-3-4-6-11(10)9-12/h3-7,9H,8H2,1-2H3. The van der Waals surface area contributed by atoms with Gasteiger partial charge in [-0.1, -0.05) is 50.3 Å². The van der Waals surface area contributed by atoms with Gasteiger partial charge in [-0.05, 0) is 22.3 Å². The normalized spacial score (nSPS) is 18.8. The van der Waals surface area contributed by atoms with E-state index in [0.29, 0.717) is 5.41 Å². The monoisotopic (exact) mass is 158 g/mol. The molecule has 0 amide bonds. The highest BCUT2D eigenvalue weighted by atomic mass is 14.2. The molecule has 0 heteroatoms. The van der Waals surface area contributed by atoms with Crippen molar-refractivity contribution < 1.29 is 0 Å². The van der Waals surface area contributed by atoms with Crippen LogP contribution >= 0.6 is 0 Å². The average molecular weight is 158 g/mol. The number of fused-ring (bicyclic) bond motifs is 1. The predicted molar refractivity (Wildman–Crippen MR) is 53.0 cm³/mol. The highest BCUT2D eigenvalue weighted by Crippen LogP contribution is 2.23. The molecule has 0 fully saturated rings. The van der Waals surface area contributed by atoms with Gasteiger partial charge in [-0.2, -0.15) is 0 Å². The number of rotatable bonds is 0. The Hall–Kier alpha value is -1.04. The van der Waals surface area contributed by atoms with Gasteiger partial charge >= 0.3 is 0 Å². The molecule has 0 N–H and O–H groups in total. The number of benzene rings is 1. The number of hydrogen-bond acceptors (Lipinski definition) is 0. The Morgan fingerprint density at radius 3 is 2.50 bits per heavy atom. The van der Waals surface area contributed by atoms with Crippen LogP contribution in [0.2, 0.25) is 0 Å². The van der Waals surface area contributed by atoms with Crippen LogP contribution in [-0.4, -0.2) is 0 Å². The summed E-state index contributed by atoms with van der Waals surface area (Å²) in [4.78, 5) is 0. The van der Waals surface area contributed by atoms with Crippen molar-refractivity contribution >= 4 is 12.2 Å². The summed E-state index contributed by atoms with van der Waals surface area (Å²) < 4.78 is 0. The molecule has 1 aromatic rings. The second-order valence-corrected chi connectivity index (χ2v) is 4.17. The number of hydrogen-bond donors (Lipinski definition) is 0. The first-order valence-electron chi connectivity index (χ1n) is 4.46. The van der Waals surface area contributed by atoms with Crippen LogP contribution in [-0.2, 0) is 0 Å². The maximum Gasteiger partial charge on any atom is -0.0131 e. The molecule has 2 rings (SSSR count). The fraction of sp³-hybridized carbons (Fsp3) is 0.333. The second kappa shape index (κ2) is 2.48. The van der Waals surface area contributed by atoms with E-state index in [2.05, 4.69) is 50.3 Å². The molecule has 12 heavy (non-hydrogen) atoms. The zero-order valence-electron chi connectivity index (χ0n) is 7.67. The lowest BCUT2D eigenvalue weighted by molar-refractivity contribution is 0.534. The van der Waals surface area contributed by atoms with Gasteiger partial charge in [0.05, 0.1) is 0 Å². The van der Waals surface area contributed by atoms with Gasteiger partial charge in [-0.3, -0.25) is 0 Å². The van der Waals surface area contributed by atoms with Gasteiger partial charge < -0.3 is 0 Å². The first kappa shape index (κ1) is 7.60. The molecule has 0 aliphatic heterocycles. The Morgan fingerprint density at radius 1 is 1.08 bits per heavy atom. The molecule has 0 saturated carbocycles. The highest BCUT2D eigenvalue weighted by Gasteiger charge is 2.14. The molecule has 0 saturated heterocycles. The predicted octanol–water partition coefficient (Wildman–Crippen LogP) is 1.68. The van der Waals surface area contributed by atoms with E-state index in [9.17, 15) is 0 Å². The van der Waals surface area contributed by atoms with Gasteiger partial charge in [0.1, 0.15) is 0 Å². The van der Waals surface area contributed by atoms with E-state index in [1.807, 2.05) is 0 Å². The molecule has 1 aliphatic carbocycles. The Bertz CT molecular complexity index is 396. The van der Waals surface area contributed by atoms with E-state index < -0.39 is 0 Å². The Morgan fingerprint density at radius 2 is 1.75 bits per heavy atom. The topological polar surface area (TPSA) is 0 Å². The summed E-state index contributed by atoms with van der Waals surface area (Å²) in [5.41, 5.74) is 0.342. The van der Waals surface area contributed by atoms with Crippen LogP contribution < -0.4 is 10.4 Å². The first-order chi connectivity index (χ1) is 5.67. The summed E-state index contributed by atoms with van der Waals surface area (Å²) >= 11 is 0. The molecule has 0 spiro atoms. The van der Waals surface area contributed by atoms with E-state index in [0.717, 1.165) is 6.42 Å². The third-order valence-electron chi connectivity index (χ3n) is 2.39. The van der Waals surface area contributed by atoms with Crippen LogP contribution in [0, 0.1) is 5.41 Å². The molecular formula is C12H14. The molecule has 0 heterocycles. The zero-order chi connectivity index (χ0) is 8.60. The summed E-state index contributed by atoms with van der Waals surface area (Å²) in [7, 11) is 0. The minimum absolute atomic E-state index is 0.342. The third-order valence-corrected chi connectivity index (χ3v) is 2.39. The Kier molecular flexibility index (Phi) is 1.57. The maximum atomic E-state index is 2.36. The van der Waals surface area contributed by atoms with Crippen molar-refractivity contribution in [1.29, 1.82) is 0 Å². The molecule has 0 nitrogen and oxygen atoms in total. The maximum absolute atomic E-state index is 2.36. The van der Waals surface area contributed by atoms with Gasteiger partial charge in [0.15, 0.2) is 0 Å². The van der Waals surface area contributed by atoms with Crippen molar-refractivity contribution in [3.8, 4) is 0 Å². The van der Waals surface area contributed by atoms with Crippen LogP contribution in [0.5, 0.6) is 0 Å². The van der Waals surface area contributed by atoms with Gasteiger partial charge in [0, 0.05) is 0 Å². The minimum Gasteiger partial charge on any atom is -0.0758 e. The lowest BCUT2D eigenvalue weighted by atomic mass is 9.85. The van der Waals surface area contributed by atoms with E-state index in [1.54, 1.807) is 0 Å². The SMILES string of the molecule is CC1(C)C=c2ccccc2=CC1. The van der Waals surface area contributed by atoms with Crippen LogP contribution in [0.3, 0.4) is 0 Å². The van der Waals surface area contributed by atoms with Crippen molar-refractivity contribution in [3.63, 3.8) is 0 Å². The van der Waals surface area contributed by atoms with Crippen molar-refractivity contribution in [1.82, 2.24) is 0 Å². The summed E-state index contributed by atoms with van der Waals surface area (Å²) in [5, 5.41) is 2.77. The smallest absolute Gasteiger partial charge is 0.0131 e. The largest absolute Gasteiger partial charge is 0.0758 e. The van der Waals surface area contributed by atoms with Crippen LogP contribution in [0.15, 0.2) is 24.3 Å². The van der Waals surface area contributed by atoms with E-state index in [1.165, 1.54) is 10.4 Å². The fourth-order valence-electron chi connectivity index (χ4n) is 1.68. The third kappa shape index (κ3) is 1.29. The fourth-order valence-corrected chi connectivity index (χ4v) is 1.68. The Labute approximate surface area is 73.2 Å². The highest BCUT2D eigenvalue weighted by molar-refractivity contribution is 5.43. The van der Waals surface area contributed by atoms with Crippen LogP contribution in [0.4, 0.5) is 0 Å². The minimum atomic E-state index is 0.342. The van der Waals surface area contributed by atoms with Crippen molar-refractivity contribution in [2.45, 2.75) is 20.3 Å². The molecule has 1 aliphatic rings. The summed E-state index contributed by atoms with van der Waals surface area (Å²) in [6.07, 6.45) is 5.85. The molecule has 0 unspecified atom stereocenters. The van der Waals surface area contributed by atoms with Crippen molar-refractivity contribution in [3.05, 3.63) is 34.7 Å². The van der Waals surface area contributed by atoms with Crippen LogP contribution in [0.1, 0.15) is 20.3 Å². The quantitative estimate of drug-likeness (QED) is 0.539. The van der Waals surface area contributed by atoms with Gasteiger partial charge in [-0.15, -0.1) is 0 Å².